The number of hydrogen-bond donors (Lipinski definition) is 3. The number of likely N-dealkylation sites (N-methyl/N-ethyl adjacent to an activating group) is 1. The second kappa shape index (κ2) is 13.7. The molecule has 1 atom stereocenters. The van der Waals surface area contributed by atoms with Crippen LogP contribution in [0.1, 0.15) is 29.5 Å². The molecule has 2 aromatic rings. The van der Waals surface area contributed by atoms with Crippen LogP contribution >= 0.6 is 0 Å². The average Bonchev–Trinajstić information content (AvgIpc) is 2.96. The molecule has 9 nitrogen and oxygen atoms in total. The summed E-state index contributed by atoms with van der Waals surface area (Å²) < 4.78 is 11.6. The largest absolute Gasteiger partial charge is 0.487 e. The van der Waals surface area contributed by atoms with Crippen LogP contribution in [-0.4, -0.2) is 56.8 Å². The first-order valence-corrected chi connectivity index (χ1v) is 13.3. The summed E-state index contributed by atoms with van der Waals surface area (Å²) in [5.74, 6) is 0.639. The highest BCUT2D eigenvalue weighted by molar-refractivity contribution is 5.84. The zero-order chi connectivity index (χ0) is 27.6. The van der Waals surface area contributed by atoms with E-state index in [4.69, 9.17) is 15.0 Å². The molecule has 1 amide bonds. The van der Waals surface area contributed by atoms with Crippen molar-refractivity contribution < 1.29 is 14.3 Å². The topological polar surface area (TPSA) is 102 Å². The minimum atomic E-state index is -0.243. The maximum atomic E-state index is 12.5. The summed E-state index contributed by atoms with van der Waals surface area (Å²) in [5.41, 5.74) is 13.0. The van der Waals surface area contributed by atoms with Crippen molar-refractivity contribution in [3.8, 4) is 5.75 Å². The van der Waals surface area contributed by atoms with Gasteiger partial charge in [-0.3, -0.25) is 9.69 Å². The molecule has 2 aliphatic heterocycles. The first-order chi connectivity index (χ1) is 19.0. The number of piperidine rings is 1. The predicted molar refractivity (Wildman–Crippen MR) is 153 cm³/mol. The molecule has 2 saturated heterocycles. The van der Waals surface area contributed by atoms with Crippen molar-refractivity contribution in [1.29, 1.82) is 5.53 Å². The highest BCUT2D eigenvalue weighted by atomic mass is 16.5. The predicted octanol–water partition coefficient (Wildman–Crippen LogP) is 4.43. The number of ether oxygens (including phenoxy) is 2. The van der Waals surface area contributed by atoms with Crippen LogP contribution in [0, 0.1) is 5.53 Å². The molecule has 4 rings (SSSR count). The van der Waals surface area contributed by atoms with Gasteiger partial charge in [-0.05, 0) is 49.2 Å². The fourth-order valence-electron chi connectivity index (χ4n) is 4.81. The summed E-state index contributed by atoms with van der Waals surface area (Å²) in [6.45, 7) is 12.4. The standard InChI is InChI=1S/C30H38N6O3/c1-4-24-6-5-7-29(27(24)20-35(3)28-13-8-22(2)33-30(28)37)39-21-25(34-31)19-32-18-23-9-11-26(12-10-23)36-14-16-38-17-15-36/h4-7,9-12,19,28,31-32H,1-2,8,13-18,20-21H2,3H3,(H,33,37)/b25-19-,34-31?. The monoisotopic (exact) mass is 530 g/mol. The van der Waals surface area contributed by atoms with E-state index in [0.717, 1.165) is 61.5 Å². The summed E-state index contributed by atoms with van der Waals surface area (Å²) in [5, 5.41) is 9.75. The van der Waals surface area contributed by atoms with E-state index in [1.165, 1.54) is 5.69 Å². The number of amides is 1. The van der Waals surface area contributed by atoms with Gasteiger partial charge in [0.1, 0.15) is 18.1 Å². The molecule has 39 heavy (non-hydrogen) atoms. The van der Waals surface area contributed by atoms with Crippen LogP contribution in [-0.2, 0) is 22.6 Å². The van der Waals surface area contributed by atoms with Crippen molar-refractivity contribution in [2.24, 2.45) is 5.11 Å². The lowest BCUT2D eigenvalue weighted by Crippen LogP contribution is -2.47. The second-order valence-electron chi connectivity index (χ2n) is 9.77. The SMILES string of the molecule is C=Cc1cccc(OC/C(=C/NCc2ccc(N3CCOCC3)cc2)N=N)c1CN(C)C1CCC(=C)NC1=O. The number of benzene rings is 2. The van der Waals surface area contributed by atoms with Crippen molar-refractivity contribution in [2.75, 3.05) is 44.9 Å². The third kappa shape index (κ3) is 7.55. The maximum absolute atomic E-state index is 12.5. The molecular weight excluding hydrogens is 492 g/mol. The molecule has 2 aromatic carbocycles. The maximum Gasteiger partial charge on any atom is 0.241 e. The molecule has 0 aliphatic carbocycles. The van der Waals surface area contributed by atoms with Crippen molar-refractivity contribution in [3.05, 3.63) is 89.9 Å². The quantitative estimate of drug-likeness (QED) is 0.351. The van der Waals surface area contributed by atoms with Crippen LogP contribution in [0.4, 0.5) is 5.69 Å². The van der Waals surface area contributed by atoms with Gasteiger partial charge >= 0.3 is 0 Å². The van der Waals surface area contributed by atoms with Gasteiger partial charge in [-0.1, -0.05) is 43.5 Å². The molecule has 2 heterocycles. The summed E-state index contributed by atoms with van der Waals surface area (Å²) in [6, 6.07) is 14.0. The van der Waals surface area contributed by atoms with Gasteiger partial charge in [0, 0.05) is 49.3 Å². The van der Waals surface area contributed by atoms with Crippen LogP contribution in [0.2, 0.25) is 0 Å². The normalized spacial score (nSPS) is 18.1. The molecule has 1 unspecified atom stereocenters. The number of nitrogens with one attached hydrogen (secondary N) is 3. The second-order valence-corrected chi connectivity index (χ2v) is 9.77. The smallest absolute Gasteiger partial charge is 0.241 e. The van der Waals surface area contributed by atoms with Gasteiger partial charge in [0.05, 0.1) is 19.3 Å². The number of morpholine rings is 1. The van der Waals surface area contributed by atoms with Gasteiger partial charge in [-0.25, -0.2) is 5.53 Å². The lowest BCUT2D eigenvalue weighted by molar-refractivity contribution is -0.126. The van der Waals surface area contributed by atoms with E-state index < -0.39 is 0 Å². The Balaban J connectivity index is 1.35. The van der Waals surface area contributed by atoms with E-state index in [2.05, 4.69) is 58.1 Å². The van der Waals surface area contributed by atoms with E-state index in [9.17, 15) is 4.79 Å². The molecule has 2 aliphatic rings. The van der Waals surface area contributed by atoms with Crippen molar-refractivity contribution >= 4 is 17.7 Å². The van der Waals surface area contributed by atoms with Gasteiger partial charge < -0.3 is 25.0 Å². The van der Waals surface area contributed by atoms with Gasteiger partial charge in [0.25, 0.3) is 0 Å². The first-order valence-electron chi connectivity index (χ1n) is 13.3. The zero-order valence-corrected chi connectivity index (χ0v) is 22.6. The summed E-state index contributed by atoms with van der Waals surface area (Å²) in [4.78, 5) is 16.8. The Morgan fingerprint density at radius 3 is 2.74 bits per heavy atom. The number of allylic oxidation sites excluding steroid dienone is 1. The zero-order valence-electron chi connectivity index (χ0n) is 22.6. The highest BCUT2D eigenvalue weighted by Crippen LogP contribution is 2.27. The molecule has 9 heteroatoms. The average molecular weight is 531 g/mol. The Morgan fingerprint density at radius 1 is 1.28 bits per heavy atom. The Bertz CT molecular complexity index is 1200. The fourth-order valence-corrected chi connectivity index (χ4v) is 4.81. The van der Waals surface area contributed by atoms with Crippen molar-refractivity contribution in [1.82, 2.24) is 15.5 Å². The van der Waals surface area contributed by atoms with E-state index >= 15 is 0 Å². The molecule has 0 spiro atoms. The molecule has 0 aromatic heterocycles. The minimum absolute atomic E-state index is 0.0349. The summed E-state index contributed by atoms with van der Waals surface area (Å²) in [6.07, 6.45) is 4.98. The molecular formula is C30H38N6O3. The Morgan fingerprint density at radius 2 is 2.05 bits per heavy atom. The van der Waals surface area contributed by atoms with Gasteiger partial charge in [0.2, 0.25) is 5.91 Å². The highest BCUT2D eigenvalue weighted by Gasteiger charge is 2.28. The lowest BCUT2D eigenvalue weighted by atomic mass is 10.0. The Labute approximate surface area is 230 Å². The van der Waals surface area contributed by atoms with Gasteiger partial charge in [-0.15, -0.1) is 0 Å². The van der Waals surface area contributed by atoms with Crippen LogP contribution in [0.5, 0.6) is 5.75 Å². The van der Waals surface area contributed by atoms with E-state index in [-0.39, 0.29) is 18.6 Å². The minimum Gasteiger partial charge on any atom is -0.487 e. The van der Waals surface area contributed by atoms with Crippen LogP contribution in [0.25, 0.3) is 6.08 Å². The molecule has 3 N–H and O–H groups in total. The van der Waals surface area contributed by atoms with E-state index in [1.807, 2.05) is 30.1 Å². The third-order valence-corrected chi connectivity index (χ3v) is 7.06. The molecule has 0 bridgehead atoms. The number of rotatable bonds is 12. The molecule has 2 fully saturated rings. The number of nitrogens with zero attached hydrogens (tertiary/aromatic N) is 3. The van der Waals surface area contributed by atoms with Gasteiger partial charge in [0.15, 0.2) is 0 Å². The van der Waals surface area contributed by atoms with E-state index in [0.29, 0.717) is 24.5 Å². The van der Waals surface area contributed by atoms with Gasteiger partial charge in [-0.2, -0.15) is 5.11 Å². The van der Waals surface area contributed by atoms with Crippen LogP contribution in [0.15, 0.2) is 78.3 Å². The van der Waals surface area contributed by atoms with Crippen LogP contribution < -0.4 is 20.3 Å². The first kappa shape index (κ1) is 28.1. The van der Waals surface area contributed by atoms with Crippen molar-refractivity contribution in [3.63, 3.8) is 0 Å². The lowest BCUT2D eigenvalue weighted by Gasteiger charge is -2.32. The fraction of sp³-hybridized carbons (Fsp3) is 0.367. The van der Waals surface area contributed by atoms with Crippen molar-refractivity contribution in [2.45, 2.75) is 32.0 Å². The molecule has 0 radical (unpaired) electrons. The number of carbonyl (C=O) groups is 1. The number of hydrogen-bond acceptors (Lipinski definition) is 8. The van der Waals surface area contributed by atoms with Crippen LogP contribution in [0.3, 0.4) is 0 Å². The molecule has 206 valence electrons. The number of anilines is 1. The summed E-state index contributed by atoms with van der Waals surface area (Å²) in [7, 11) is 1.93. The Hall–Kier alpha value is -3.95. The third-order valence-electron chi connectivity index (χ3n) is 7.06. The molecule has 0 saturated carbocycles. The summed E-state index contributed by atoms with van der Waals surface area (Å²) >= 11 is 0. The van der Waals surface area contributed by atoms with E-state index in [1.54, 1.807) is 12.3 Å². The Kier molecular flexibility index (Phi) is 9.88. The number of carbonyl (C=O) groups excluding carboxylic acids is 1.